The number of aryl methyl sites for hydroxylation is 1. The van der Waals surface area contributed by atoms with Crippen molar-refractivity contribution in [1.29, 1.82) is 0 Å². The summed E-state index contributed by atoms with van der Waals surface area (Å²) in [6.07, 6.45) is 4.85. The predicted molar refractivity (Wildman–Crippen MR) is 74.5 cm³/mol. The van der Waals surface area contributed by atoms with Gasteiger partial charge in [0.1, 0.15) is 17.7 Å². The smallest absolute Gasteiger partial charge is 0.218 e. The van der Waals surface area contributed by atoms with Crippen molar-refractivity contribution in [2.75, 3.05) is 18.5 Å². The Morgan fingerprint density at radius 2 is 2.25 bits per heavy atom. The van der Waals surface area contributed by atoms with Crippen LogP contribution in [0, 0.1) is 0 Å². The topological polar surface area (TPSA) is 85.1 Å². The number of ether oxygens (including phenoxy) is 1. The van der Waals surface area contributed by atoms with Crippen molar-refractivity contribution in [2.45, 2.75) is 19.4 Å². The summed E-state index contributed by atoms with van der Waals surface area (Å²) in [5.74, 6) is 1.11. The zero-order valence-electron chi connectivity index (χ0n) is 11.9. The lowest BCUT2D eigenvalue weighted by molar-refractivity contribution is 0.0713. The van der Waals surface area contributed by atoms with E-state index in [9.17, 15) is 5.11 Å². The number of anilines is 1. The molecule has 108 valence electrons. The second-order valence-corrected chi connectivity index (χ2v) is 4.70. The Morgan fingerprint density at radius 3 is 2.90 bits per heavy atom. The maximum absolute atomic E-state index is 10.4. The summed E-state index contributed by atoms with van der Waals surface area (Å²) in [7, 11) is 1.81. The fraction of sp³-hybridized carbons (Fsp3) is 0.462. The second-order valence-electron chi connectivity index (χ2n) is 4.70. The average molecular weight is 277 g/mol. The van der Waals surface area contributed by atoms with Crippen molar-refractivity contribution < 1.29 is 9.84 Å². The van der Waals surface area contributed by atoms with Crippen LogP contribution in [-0.2, 0) is 12.6 Å². The minimum absolute atomic E-state index is 0.307. The van der Waals surface area contributed by atoms with Crippen LogP contribution in [0.2, 0.25) is 0 Å². The van der Waals surface area contributed by atoms with Crippen LogP contribution in [0.5, 0.6) is 5.88 Å². The van der Waals surface area contributed by atoms with Gasteiger partial charge in [0.2, 0.25) is 5.88 Å². The standard InChI is InChI=1S/C13H19N5O2/c1-4-20-12-5-11(15-9-16-12)14-8-13(2,19)10-6-17-18(3)7-10/h5-7,9,19H,4,8H2,1-3H3,(H,14,15,16). The number of hydrogen-bond donors (Lipinski definition) is 2. The van der Waals surface area contributed by atoms with Crippen LogP contribution in [0.1, 0.15) is 19.4 Å². The first-order valence-corrected chi connectivity index (χ1v) is 6.41. The van der Waals surface area contributed by atoms with Crippen molar-refractivity contribution in [1.82, 2.24) is 19.7 Å². The van der Waals surface area contributed by atoms with Gasteiger partial charge in [-0.2, -0.15) is 5.10 Å². The highest BCUT2D eigenvalue weighted by Crippen LogP contribution is 2.20. The maximum Gasteiger partial charge on any atom is 0.218 e. The number of nitrogens with one attached hydrogen (secondary N) is 1. The van der Waals surface area contributed by atoms with E-state index in [2.05, 4.69) is 20.4 Å². The SMILES string of the molecule is CCOc1cc(NCC(C)(O)c2cnn(C)c2)ncn1. The van der Waals surface area contributed by atoms with Gasteiger partial charge in [-0.15, -0.1) is 0 Å². The van der Waals surface area contributed by atoms with E-state index < -0.39 is 5.60 Å². The molecule has 0 aliphatic heterocycles. The Hall–Kier alpha value is -2.15. The summed E-state index contributed by atoms with van der Waals surface area (Å²) in [6.45, 7) is 4.47. The van der Waals surface area contributed by atoms with Gasteiger partial charge < -0.3 is 15.2 Å². The molecule has 2 rings (SSSR count). The molecule has 0 aromatic carbocycles. The minimum atomic E-state index is -1.04. The lowest BCUT2D eigenvalue weighted by Crippen LogP contribution is -2.30. The van der Waals surface area contributed by atoms with Crippen LogP contribution in [0.3, 0.4) is 0 Å². The molecule has 1 unspecified atom stereocenters. The molecule has 1 atom stereocenters. The van der Waals surface area contributed by atoms with Gasteiger partial charge >= 0.3 is 0 Å². The first kappa shape index (κ1) is 14.3. The van der Waals surface area contributed by atoms with Gasteiger partial charge in [-0.3, -0.25) is 4.68 Å². The van der Waals surface area contributed by atoms with Gasteiger partial charge in [0.25, 0.3) is 0 Å². The zero-order valence-corrected chi connectivity index (χ0v) is 11.9. The molecule has 0 aliphatic rings. The third-order valence-corrected chi connectivity index (χ3v) is 2.87. The van der Waals surface area contributed by atoms with Gasteiger partial charge in [0.15, 0.2) is 0 Å². The molecule has 7 heteroatoms. The number of hydrogen-bond acceptors (Lipinski definition) is 6. The van der Waals surface area contributed by atoms with Crippen LogP contribution in [-0.4, -0.2) is 38.0 Å². The highest BCUT2D eigenvalue weighted by Gasteiger charge is 2.24. The van der Waals surface area contributed by atoms with Crippen LogP contribution >= 0.6 is 0 Å². The summed E-state index contributed by atoms with van der Waals surface area (Å²) in [5.41, 5.74) is -0.295. The number of aromatic nitrogens is 4. The van der Waals surface area contributed by atoms with E-state index in [4.69, 9.17) is 4.74 Å². The number of aliphatic hydroxyl groups is 1. The molecule has 2 heterocycles. The van der Waals surface area contributed by atoms with Gasteiger partial charge in [0, 0.05) is 31.4 Å². The fourth-order valence-electron chi connectivity index (χ4n) is 1.73. The Balaban J connectivity index is 2.02. The molecule has 2 aromatic heterocycles. The monoisotopic (exact) mass is 277 g/mol. The molecule has 0 radical (unpaired) electrons. The van der Waals surface area contributed by atoms with E-state index in [0.29, 0.717) is 24.8 Å². The normalized spacial score (nSPS) is 13.8. The van der Waals surface area contributed by atoms with Crippen LogP contribution in [0.25, 0.3) is 0 Å². The molecule has 2 N–H and O–H groups in total. The van der Waals surface area contributed by atoms with Crippen LogP contribution in [0.15, 0.2) is 24.8 Å². The van der Waals surface area contributed by atoms with Crippen molar-refractivity contribution in [3.8, 4) is 5.88 Å². The predicted octanol–water partition coefficient (Wildman–Crippen LogP) is 0.928. The van der Waals surface area contributed by atoms with E-state index in [1.165, 1.54) is 6.33 Å². The quantitative estimate of drug-likeness (QED) is 0.817. The van der Waals surface area contributed by atoms with Gasteiger partial charge in [0.05, 0.1) is 12.8 Å². The highest BCUT2D eigenvalue weighted by molar-refractivity contribution is 5.38. The zero-order chi connectivity index (χ0) is 14.6. The highest BCUT2D eigenvalue weighted by atomic mass is 16.5. The van der Waals surface area contributed by atoms with E-state index in [1.807, 2.05) is 14.0 Å². The van der Waals surface area contributed by atoms with Crippen molar-refractivity contribution >= 4 is 5.82 Å². The molecule has 0 amide bonds. The number of nitrogens with zero attached hydrogens (tertiary/aromatic N) is 4. The molecule has 0 fully saturated rings. The second kappa shape index (κ2) is 5.87. The van der Waals surface area contributed by atoms with E-state index >= 15 is 0 Å². The molecule has 20 heavy (non-hydrogen) atoms. The summed E-state index contributed by atoms with van der Waals surface area (Å²) in [4.78, 5) is 8.08. The molecule has 7 nitrogen and oxygen atoms in total. The van der Waals surface area contributed by atoms with Crippen LogP contribution < -0.4 is 10.1 Å². The third-order valence-electron chi connectivity index (χ3n) is 2.87. The van der Waals surface area contributed by atoms with Gasteiger partial charge in [-0.1, -0.05) is 0 Å². The summed E-state index contributed by atoms with van der Waals surface area (Å²) >= 11 is 0. The third kappa shape index (κ3) is 3.45. The molecule has 0 saturated carbocycles. The summed E-state index contributed by atoms with van der Waals surface area (Å²) in [5, 5.41) is 17.6. The largest absolute Gasteiger partial charge is 0.478 e. The Bertz CT molecular complexity index is 567. The van der Waals surface area contributed by atoms with E-state index in [1.54, 1.807) is 30.1 Å². The molecule has 0 aliphatic carbocycles. The Kier molecular flexibility index (Phi) is 4.19. The van der Waals surface area contributed by atoms with E-state index in [-0.39, 0.29) is 0 Å². The first-order chi connectivity index (χ1) is 9.51. The molecule has 2 aromatic rings. The van der Waals surface area contributed by atoms with Crippen molar-refractivity contribution in [2.24, 2.45) is 7.05 Å². The summed E-state index contributed by atoms with van der Waals surface area (Å²) in [6, 6.07) is 1.70. The number of rotatable bonds is 6. The van der Waals surface area contributed by atoms with Gasteiger partial charge in [-0.25, -0.2) is 9.97 Å². The lowest BCUT2D eigenvalue weighted by Gasteiger charge is -2.22. The molecular formula is C13H19N5O2. The lowest BCUT2D eigenvalue weighted by atomic mass is 10.00. The maximum atomic E-state index is 10.4. The molecule has 0 saturated heterocycles. The molecule has 0 bridgehead atoms. The minimum Gasteiger partial charge on any atom is -0.478 e. The summed E-state index contributed by atoms with van der Waals surface area (Å²) < 4.78 is 6.95. The first-order valence-electron chi connectivity index (χ1n) is 6.41. The molecule has 0 spiro atoms. The fourth-order valence-corrected chi connectivity index (χ4v) is 1.73. The molecular weight excluding hydrogens is 258 g/mol. The Labute approximate surface area is 117 Å². The van der Waals surface area contributed by atoms with Gasteiger partial charge in [-0.05, 0) is 13.8 Å². The van der Waals surface area contributed by atoms with Crippen molar-refractivity contribution in [3.63, 3.8) is 0 Å². The van der Waals surface area contributed by atoms with E-state index in [0.717, 1.165) is 5.56 Å². The average Bonchev–Trinajstić information content (AvgIpc) is 2.85. The van der Waals surface area contributed by atoms with Crippen molar-refractivity contribution in [3.05, 3.63) is 30.4 Å². The van der Waals surface area contributed by atoms with Crippen LogP contribution in [0.4, 0.5) is 5.82 Å². The Morgan fingerprint density at radius 1 is 1.45 bits per heavy atom.